The van der Waals surface area contributed by atoms with Gasteiger partial charge in [-0.25, -0.2) is 8.42 Å². The Bertz CT molecular complexity index is 1430. The lowest BCUT2D eigenvalue weighted by Crippen LogP contribution is -2.51. The molecule has 0 aliphatic heterocycles. The molecule has 2 amide bonds. The first-order valence-corrected chi connectivity index (χ1v) is 17.3. The molecule has 11 heteroatoms. The minimum absolute atomic E-state index is 0.0610. The quantitative estimate of drug-likeness (QED) is 0.155. The number of anilines is 1. The van der Waals surface area contributed by atoms with Crippen LogP contribution in [0.15, 0.2) is 87.1 Å². The van der Waals surface area contributed by atoms with Gasteiger partial charge in [-0.1, -0.05) is 41.4 Å². The topological polar surface area (TPSA) is 96.0 Å². The van der Waals surface area contributed by atoms with Gasteiger partial charge in [0.05, 0.1) is 17.2 Å². The van der Waals surface area contributed by atoms with Gasteiger partial charge in [0.2, 0.25) is 11.8 Å². The van der Waals surface area contributed by atoms with E-state index in [1.807, 2.05) is 44.4 Å². The van der Waals surface area contributed by atoms with Crippen LogP contribution in [-0.2, 0) is 26.2 Å². The number of nitrogens with one attached hydrogen (secondary N) is 1. The van der Waals surface area contributed by atoms with Crippen LogP contribution in [0.1, 0.15) is 39.2 Å². The summed E-state index contributed by atoms with van der Waals surface area (Å²) in [5.41, 5.74) is 1.11. The highest BCUT2D eigenvalue weighted by atomic mass is 79.9. The lowest BCUT2D eigenvalue weighted by atomic mass is 10.1. The molecule has 0 bridgehead atoms. The summed E-state index contributed by atoms with van der Waals surface area (Å²) in [5, 5.41) is 2.90. The summed E-state index contributed by atoms with van der Waals surface area (Å²) in [6.07, 6.45) is 3.65. The first kappa shape index (κ1) is 33.5. The molecule has 0 spiro atoms. The van der Waals surface area contributed by atoms with Crippen LogP contribution in [0.5, 0.6) is 5.75 Å². The van der Waals surface area contributed by atoms with Crippen molar-refractivity contribution in [2.75, 3.05) is 30.3 Å². The number of thioether (sulfide) groups is 1. The van der Waals surface area contributed by atoms with E-state index in [2.05, 4.69) is 21.2 Å². The molecule has 0 aliphatic rings. The molecular formula is C31H38BrN3O5S2. The van der Waals surface area contributed by atoms with Crippen molar-refractivity contribution in [3.8, 4) is 5.75 Å². The van der Waals surface area contributed by atoms with Gasteiger partial charge in [-0.3, -0.25) is 13.9 Å². The zero-order valence-electron chi connectivity index (χ0n) is 24.4. The largest absolute Gasteiger partial charge is 0.494 e. The minimum atomic E-state index is -4.15. The fraction of sp³-hybridized carbons (Fsp3) is 0.355. The zero-order valence-corrected chi connectivity index (χ0v) is 27.6. The van der Waals surface area contributed by atoms with Gasteiger partial charge in [-0.05, 0) is 92.8 Å². The van der Waals surface area contributed by atoms with Gasteiger partial charge < -0.3 is 15.0 Å². The molecular weight excluding hydrogens is 638 g/mol. The number of hydrogen-bond acceptors (Lipinski definition) is 6. The number of nitrogens with zero attached hydrogens (tertiary/aromatic N) is 2. The normalized spacial score (nSPS) is 11.9. The van der Waals surface area contributed by atoms with Crippen molar-refractivity contribution in [3.63, 3.8) is 0 Å². The van der Waals surface area contributed by atoms with Crippen molar-refractivity contribution in [1.82, 2.24) is 10.2 Å². The van der Waals surface area contributed by atoms with Crippen LogP contribution in [0, 0.1) is 0 Å². The summed E-state index contributed by atoms with van der Waals surface area (Å²) in [6.45, 7) is 6.14. The van der Waals surface area contributed by atoms with Crippen molar-refractivity contribution < 1.29 is 22.7 Å². The van der Waals surface area contributed by atoms with Gasteiger partial charge in [0.1, 0.15) is 18.3 Å². The number of halogens is 1. The number of amides is 2. The second kappa shape index (κ2) is 16.0. The standard InChI is InChI=1S/C31H38BrN3O5S2/c1-5-7-19-33-31(37)23(3)34(21-24-9-8-10-25(32)20-24)30(36)22-35(26-11-13-27(14-12-26)40-6-2)42(38,39)29-17-15-28(41-4)16-18-29/h8-18,20,23H,5-7,19,21-22H2,1-4H3,(H,33,37)/t23-/m1/s1. The Hall–Kier alpha value is -3.02. The molecule has 3 aromatic rings. The van der Waals surface area contributed by atoms with Crippen molar-refractivity contribution in [2.24, 2.45) is 0 Å². The van der Waals surface area contributed by atoms with Crippen LogP contribution in [-0.4, -0.2) is 57.1 Å². The van der Waals surface area contributed by atoms with E-state index < -0.39 is 28.5 Å². The van der Waals surface area contributed by atoms with Gasteiger partial charge in [0.15, 0.2) is 0 Å². The van der Waals surface area contributed by atoms with Crippen LogP contribution >= 0.6 is 27.7 Å². The maximum Gasteiger partial charge on any atom is 0.264 e. The molecule has 8 nitrogen and oxygen atoms in total. The molecule has 0 heterocycles. The second-order valence-electron chi connectivity index (χ2n) is 9.59. The fourth-order valence-corrected chi connectivity index (χ4v) is 6.50. The summed E-state index contributed by atoms with van der Waals surface area (Å²) in [6, 6.07) is 19.7. The van der Waals surface area contributed by atoms with Gasteiger partial charge in [0.25, 0.3) is 10.0 Å². The van der Waals surface area contributed by atoms with E-state index >= 15 is 0 Å². The fourth-order valence-electron chi connectivity index (χ4n) is 4.23. The van der Waals surface area contributed by atoms with E-state index in [1.54, 1.807) is 43.3 Å². The van der Waals surface area contributed by atoms with Crippen molar-refractivity contribution in [2.45, 2.75) is 56.0 Å². The Morgan fingerprint density at radius 2 is 1.71 bits per heavy atom. The number of rotatable bonds is 15. The van der Waals surface area contributed by atoms with Crippen molar-refractivity contribution in [3.05, 3.63) is 82.8 Å². The number of unbranched alkanes of at least 4 members (excludes halogenated alkanes) is 1. The molecule has 3 rings (SSSR count). The monoisotopic (exact) mass is 675 g/mol. The molecule has 0 aromatic heterocycles. The van der Waals surface area contributed by atoms with Crippen LogP contribution in [0.4, 0.5) is 5.69 Å². The molecule has 0 aliphatic carbocycles. The Balaban J connectivity index is 2.01. The average molecular weight is 677 g/mol. The van der Waals surface area contributed by atoms with Crippen molar-refractivity contribution in [1.29, 1.82) is 0 Å². The Labute approximate surface area is 262 Å². The van der Waals surface area contributed by atoms with Crippen LogP contribution in [0.25, 0.3) is 0 Å². The SMILES string of the molecule is CCCCNC(=O)[C@@H](C)N(Cc1cccc(Br)c1)C(=O)CN(c1ccc(OCC)cc1)S(=O)(=O)c1ccc(SC)cc1. The van der Waals surface area contributed by atoms with Crippen LogP contribution in [0.2, 0.25) is 0 Å². The van der Waals surface area contributed by atoms with Gasteiger partial charge in [-0.2, -0.15) is 0 Å². The van der Waals surface area contributed by atoms with E-state index in [1.165, 1.54) is 28.8 Å². The number of carbonyl (C=O) groups excluding carboxylic acids is 2. The van der Waals surface area contributed by atoms with E-state index in [0.29, 0.717) is 24.6 Å². The molecule has 1 N–H and O–H groups in total. The lowest BCUT2D eigenvalue weighted by molar-refractivity contribution is -0.139. The summed E-state index contributed by atoms with van der Waals surface area (Å²) in [5.74, 6) is -0.218. The number of sulfonamides is 1. The number of hydrogen-bond donors (Lipinski definition) is 1. The average Bonchev–Trinajstić information content (AvgIpc) is 2.99. The van der Waals surface area contributed by atoms with E-state index in [-0.39, 0.29) is 17.3 Å². The number of benzene rings is 3. The highest BCUT2D eigenvalue weighted by Crippen LogP contribution is 2.28. The predicted octanol–water partition coefficient (Wildman–Crippen LogP) is 6.10. The molecule has 3 aromatic carbocycles. The predicted molar refractivity (Wildman–Crippen MR) is 172 cm³/mol. The van der Waals surface area contributed by atoms with Crippen LogP contribution in [0.3, 0.4) is 0 Å². The van der Waals surface area contributed by atoms with Gasteiger partial charge in [-0.15, -0.1) is 11.8 Å². The zero-order chi connectivity index (χ0) is 30.7. The Kier molecular flexibility index (Phi) is 12.8. The minimum Gasteiger partial charge on any atom is -0.494 e. The molecule has 0 saturated heterocycles. The Morgan fingerprint density at radius 3 is 2.31 bits per heavy atom. The summed E-state index contributed by atoms with van der Waals surface area (Å²) < 4.78 is 35.5. The van der Waals surface area contributed by atoms with Crippen molar-refractivity contribution >= 4 is 55.2 Å². The third-order valence-corrected chi connectivity index (χ3v) is 9.63. The lowest BCUT2D eigenvalue weighted by Gasteiger charge is -2.32. The number of carbonyl (C=O) groups is 2. The number of ether oxygens (including phenoxy) is 1. The summed E-state index contributed by atoms with van der Waals surface area (Å²) in [7, 11) is -4.15. The first-order chi connectivity index (χ1) is 20.1. The molecule has 0 saturated carbocycles. The summed E-state index contributed by atoms with van der Waals surface area (Å²) >= 11 is 4.97. The molecule has 0 fully saturated rings. The van der Waals surface area contributed by atoms with Gasteiger partial charge in [0, 0.05) is 22.5 Å². The smallest absolute Gasteiger partial charge is 0.264 e. The molecule has 1 atom stereocenters. The van der Waals surface area contributed by atoms with E-state index in [4.69, 9.17) is 4.74 Å². The molecule has 0 radical (unpaired) electrons. The highest BCUT2D eigenvalue weighted by Gasteiger charge is 2.32. The van der Waals surface area contributed by atoms with Crippen LogP contribution < -0.4 is 14.4 Å². The van der Waals surface area contributed by atoms with E-state index in [9.17, 15) is 18.0 Å². The molecule has 42 heavy (non-hydrogen) atoms. The Morgan fingerprint density at radius 1 is 1.02 bits per heavy atom. The molecule has 0 unspecified atom stereocenters. The third-order valence-electron chi connectivity index (χ3n) is 6.60. The molecule has 226 valence electrons. The third kappa shape index (κ3) is 8.99. The second-order valence-corrected chi connectivity index (χ2v) is 13.2. The maximum absolute atomic E-state index is 14.0. The summed E-state index contributed by atoms with van der Waals surface area (Å²) in [4.78, 5) is 29.5. The highest BCUT2D eigenvalue weighted by molar-refractivity contribution is 9.10. The van der Waals surface area contributed by atoms with E-state index in [0.717, 1.165) is 32.1 Å². The first-order valence-electron chi connectivity index (χ1n) is 13.8. The van der Waals surface area contributed by atoms with Gasteiger partial charge >= 0.3 is 0 Å². The maximum atomic E-state index is 14.0.